The lowest BCUT2D eigenvalue weighted by Gasteiger charge is -2.16. The summed E-state index contributed by atoms with van der Waals surface area (Å²) in [6, 6.07) is 13.8. The van der Waals surface area contributed by atoms with Gasteiger partial charge in [-0.1, -0.05) is 29.8 Å². The third kappa shape index (κ3) is 4.23. The molecule has 0 aliphatic rings. The Labute approximate surface area is 118 Å². The van der Waals surface area contributed by atoms with Crippen LogP contribution in [0.25, 0.3) is 0 Å². The lowest BCUT2D eigenvalue weighted by Crippen LogP contribution is -2.18. The molecule has 0 saturated carbocycles. The lowest BCUT2D eigenvalue weighted by atomic mass is 10.2. The fourth-order valence-corrected chi connectivity index (χ4v) is 2.13. The van der Waals surface area contributed by atoms with Crippen molar-refractivity contribution in [1.29, 1.82) is 0 Å². The molecular weight excluding hydrogens is 260 g/mol. The molecule has 0 fully saturated rings. The molecule has 100 valence electrons. The van der Waals surface area contributed by atoms with Crippen molar-refractivity contribution in [2.75, 3.05) is 14.2 Å². The van der Waals surface area contributed by atoms with Crippen molar-refractivity contribution in [3.8, 4) is 5.75 Å². The lowest BCUT2D eigenvalue weighted by molar-refractivity contribution is 0.314. The van der Waals surface area contributed by atoms with E-state index in [1.54, 1.807) is 13.2 Å². The zero-order valence-electron chi connectivity index (χ0n) is 11.1. The van der Waals surface area contributed by atoms with E-state index in [2.05, 4.69) is 23.0 Å². The van der Waals surface area contributed by atoms with Crippen molar-refractivity contribution in [2.24, 2.45) is 0 Å². The molecule has 0 N–H and O–H groups in total. The Bertz CT molecular complexity index is 545. The Morgan fingerprint density at radius 1 is 1.16 bits per heavy atom. The number of benzene rings is 1. The van der Waals surface area contributed by atoms with Crippen LogP contribution in [0.2, 0.25) is 5.15 Å². The van der Waals surface area contributed by atoms with Gasteiger partial charge in [-0.3, -0.25) is 4.90 Å². The van der Waals surface area contributed by atoms with Crippen LogP contribution in [0, 0.1) is 0 Å². The summed E-state index contributed by atoms with van der Waals surface area (Å²) in [4.78, 5) is 6.48. The molecular formula is C15H17ClN2O. The minimum absolute atomic E-state index is 0.535. The van der Waals surface area contributed by atoms with Crippen LogP contribution in [-0.4, -0.2) is 24.0 Å². The molecule has 0 aliphatic carbocycles. The summed E-state index contributed by atoms with van der Waals surface area (Å²) in [6.45, 7) is 1.60. The van der Waals surface area contributed by atoms with Gasteiger partial charge in [-0.2, -0.15) is 0 Å². The van der Waals surface area contributed by atoms with Crippen molar-refractivity contribution >= 4 is 11.6 Å². The van der Waals surface area contributed by atoms with Gasteiger partial charge in [0.2, 0.25) is 0 Å². The van der Waals surface area contributed by atoms with E-state index >= 15 is 0 Å². The Morgan fingerprint density at radius 3 is 2.68 bits per heavy atom. The summed E-state index contributed by atoms with van der Waals surface area (Å²) >= 11 is 5.88. The number of hydrogen-bond acceptors (Lipinski definition) is 3. The van der Waals surface area contributed by atoms with Gasteiger partial charge in [0.1, 0.15) is 10.9 Å². The monoisotopic (exact) mass is 276 g/mol. The molecule has 0 spiro atoms. The van der Waals surface area contributed by atoms with Gasteiger partial charge in [0.25, 0.3) is 0 Å². The van der Waals surface area contributed by atoms with Crippen molar-refractivity contribution in [3.63, 3.8) is 0 Å². The number of halogens is 1. The average Bonchev–Trinajstić information content (AvgIpc) is 2.38. The molecule has 1 aromatic heterocycles. The Balaban J connectivity index is 1.98. The number of aromatic nitrogens is 1. The standard InChI is InChI=1S/C15H17ClN2O/c1-18(11-13-6-4-8-15(16)17-13)10-12-5-3-7-14(9-12)19-2/h3-9H,10-11H2,1-2H3. The van der Waals surface area contributed by atoms with E-state index in [0.29, 0.717) is 5.15 Å². The second kappa shape index (κ2) is 6.55. The summed E-state index contributed by atoms with van der Waals surface area (Å²) in [6.07, 6.45) is 0. The van der Waals surface area contributed by atoms with Gasteiger partial charge in [-0.15, -0.1) is 0 Å². The minimum atomic E-state index is 0.535. The molecule has 1 heterocycles. The molecule has 0 unspecified atom stereocenters. The summed E-state index contributed by atoms with van der Waals surface area (Å²) in [7, 11) is 3.74. The van der Waals surface area contributed by atoms with E-state index in [1.165, 1.54) is 5.56 Å². The van der Waals surface area contributed by atoms with Crippen molar-refractivity contribution < 1.29 is 4.74 Å². The van der Waals surface area contributed by atoms with Crippen LogP contribution in [-0.2, 0) is 13.1 Å². The van der Waals surface area contributed by atoms with Gasteiger partial charge in [0.15, 0.2) is 0 Å². The smallest absolute Gasteiger partial charge is 0.129 e. The molecule has 3 nitrogen and oxygen atoms in total. The third-order valence-electron chi connectivity index (χ3n) is 2.79. The van der Waals surface area contributed by atoms with Gasteiger partial charge in [-0.25, -0.2) is 4.98 Å². The van der Waals surface area contributed by atoms with E-state index in [0.717, 1.165) is 24.5 Å². The number of nitrogens with zero attached hydrogens (tertiary/aromatic N) is 2. The van der Waals surface area contributed by atoms with E-state index < -0.39 is 0 Å². The average molecular weight is 277 g/mol. The number of hydrogen-bond donors (Lipinski definition) is 0. The molecule has 2 rings (SSSR count). The number of rotatable bonds is 5. The van der Waals surface area contributed by atoms with Crippen molar-refractivity contribution in [2.45, 2.75) is 13.1 Å². The predicted octanol–water partition coefficient (Wildman–Crippen LogP) is 3.38. The number of methoxy groups -OCH3 is 1. The fourth-order valence-electron chi connectivity index (χ4n) is 1.95. The van der Waals surface area contributed by atoms with Crippen molar-refractivity contribution in [1.82, 2.24) is 9.88 Å². The van der Waals surface area contributed by atoms with E-state index in [4.69, 9.17) is 16.3 Å². The summed E-state index contributed by atoms with van der Waals surface area (Å²) in [5, 5.41) is 0.535. The second-order valence-corrected chi connectivity index (χ2v) is 4.86. The van der Waals surface area contributed by atoms with Crippen molar-refractivity contribution in [3.05, 3.63) is 58.9 Å². The fraction of sp³-hybridized carbons (Fsp3) is 0.267. The van der Waals surface area contributed by atoms with Crippen LogP contribution >= 0.6 is 11.6 Å². The second-order valence-electron chi connectivity index (χ2n) is 4.48. The predicted molar refractivity (Wildman–Crippen MR) is 77.4 cm³/mol. The Morgan fingerprint density at radius 2 is 1.95 bits per heavy atom. The van der Waals surface area contributed by atoms with Crippen LogP contribution in [0.15, 0.2) is 42.5 Å². The molecule has 0 aliphatic heterocycles. The van der Waals surface area contributed by atoms with E-state index in [9.17, 15) is 0 Å². The first-order chi connectivity index (χ1) is 9.17. The quantitative estimate of drug-likeness (QED) is 0.783. The Hall–Kier alpha value is -1.58. The highest BCUT2D eigenvalue weighted by molar-refractivity contribution is 6.29. The summed E-state index contributed by atoms with van der Waals surface area (Å²) < 4.78 is 5.22. The van der Waals surface area contributed by atoms with Crippen LogP contribution in [0.3, 0.4) is 0 Å². The van der Waals surface area contributed by atoms with Gasteiger partial charge < -0.3 is 4.74 Å². The molecule has 4 heteroatoms. The number of pyridine rings is 1. The zero-order chi connectivity index (χ0) is 13.7. The van der Waals surface area contributed by atoms with E-state index in [-0.39, 0.29) is 0 Å². The van der Waals surface area contributed by atoms with Gasteiger partial charge in [-0.05, 0) is 36.9 Å². The van der Waals surface area contributed by atoms with E-state index in [1.807, 2.05) is 30.3 Å². The summed E-state index contributed by atoms with van der Waals surface area (Å²) in [5.74, 6) is 0.881. The molecule has 19 heavy (non-hydrogen) atoms. The Kier molecular flexibility index (Phi) is 4.77. The number of ether oxygens (including phenoxy) is 1. The van der Waals surface area contributed by atoms with Crippen LogP contribution in [0.5, 0.6) is 5.75 Å². The van der Waals surface area contributed by atoms with Gasteiger partial charge in [0, 0.05) is 13.1 Å². The topological polar surface area (TPSA) is 25.4 Å². The first-order valence-electron chi connectivity index (χ1n) is 6.10. The first kappa shape index (κ1) is 13.8. The molecule has 1 aromatic carbocycles. The molecule has 0 saturated heterocycles. The normalized spacial score (nSPS) is 10.7. The van der Waals surface area contributed by atoms with Crippen LogP contribution < -0.4 is 4.74 Å². The highest BCUT2D eigenvalue weighted by Gasteiger charge is 2.04. The maximum Gasteiger partial charge on any atom is 0.129 e. The molecule has 0 atom stereocenters. The maximum absolute atomic E-state index is 5.88. The zero-order valence-corrected chi connectivity index (χ0v) is 11.9. The molecule has 0 bridgehead atoms. The molecule has 0 amide bonds. The summed E-state index contributed by atoms with van der Waals surface area (Å²) in [5.41, 5.74) is 2.18. The molecule has 2 aromatic rings. The van der Waals surface area contributed by atoms with Gasteiger partial charge in [0.05, 0.1) is 12.8 Å². The third-order valence-corrected chi connectivity index (χ3v) is 3.00. The van der Waals surface area contributed by atoms with Gasteiger partial charge >= 0.3 is 0 Å². The largest absolute Gasteiger partial charge is 0.497 e. The van der Waals surface area contributed by atoms with Crippen LogP contribution in [0.4, 0.5) is 0 Å². The minimum Gasteiger partial charge on any atom is -0.497 e. The first-order valence-corrected chi connectivity index (χ1v) is 6.48. The highest BCUT2D eigenvalue weighted by Crippen LogP contribution is 2.15. The molecule has 0 radical (unpaired) electrons. The SMILES string of the molecule is COc1cccc(CN(C)Cc2cccc(Cl)n2)c1. The van der Waals surface area contributed by atoms with Crippen LogP contribution in [0.1, 0.15) is 11.3 Å². The maximum atomic E-state index is 5.88. The highest BCUT2D eigenvalue weighted by atomic mass is 35.5.